The van der Waals surface area contributed by atoms with Crippen molar-refractivity contribution in [2.24, 2.45) is 0 Å². The number of hydrogen-bond donors (Lipinski definition) is 1. The molecule has 0 saturated heterocycles. The molecular weight excluding hydrogens is 302 g/mol. The monoisotopic (exact) mass is 323 g/mol. The number of benzene rings is 2. The van der Waals surface area contributed by atoms with Crippen LogP contribution in [-0.4, -0.2) is 20.0 Å². The Morgan fingerprint density at radius 2 is 1.79 bits per heavy atom. The second-order valence-electron chi connectivity index (χ2n) is 5.22. The first kappa shape index (κ1) is 17.3. The summed E-state index contributed by atoms with van der Waals surface area (Å²) in [6.45, 7) is 3.76. The molecule has 24 heavy (non-hydrogen) atoms. The van der Waals surface area contributed by atoms with Crippen LogP contribution in [0, 0.1) is 0 Å². The Balaban J connectivity index is 2.33. The lowest BCUT2D eigenvalue weighted by Gasteiger charge is -2.12. The van der Waals surface area contributed by atoms with E-state index in [0.717, 1.165) is 16.9 Å². The fraction of sp³-hybridized carbons (Fsp3) is 0.150. The van der Waals surface area contributed by atoms with Crippen LogP contribution in [-0.2, 0) is 6.42 Å². The van der Waals surface area contributed by atoms with Crippen molar-refractivity contribution in [2.45, 2.75) is 6.42 Å². The van der Waals surface area contributed by atoms with Gasteiger partial charge in [0.1, 0.15) is 11.5 Å². The molecule has 0 aromatic heterocycles. The molecule has 0 bridgehead atoms. The number of methoxy groups -OCH3 is 2. The molecule has 0 atom stereocenters. The van der Waals surface area contributed by atoms with E-state index in [-0.39, 0.29) is 5.78 Å². The molecule has 0 amide bonds. The zero-order chi connectivity index (χ0) is 17.5. The highest BCUT2D eigenvalue weighted by Crippen LogP contribution is 2.30. The number of rotatable bonds is 7. The lowest BCUT2D eigenvalue weighted by Crippen LogP contribution is -1.97. The lowest BCUT2D eigenvalue weighted by molar-refractivity contribution is 0.104. The van der Waals surface area contributed by atoms with Crippen molar-refractivity contribution in [1.82, 2.24) is 0 Å². The fourth-order valence-corrected chi connectivity index (χ4v) is 2.35. The number of hydrogen-bond acceptors (Lipinski definition) is 4. The summed E-state index contributed by atoms with van der Waals surface area (Å²) in [7, 11) is 3.20. The molecule has 4 heteroatoms. The van der Waals surface area contributed by atoms with Gasteiger partial charge in [-0.3, -0.25) is 4.79 Å². The van der Waals surface area contributed by atoms with Gasteiger partial charge in [-0.05, 0) is 54.5 Å². The fourth-order valence-electron chi connectivity index (χ4n) is 2.35. The van der Waals surface area contributed by atoms with E-state index in [0.29, 0.717) is 23.4 Å². The molecule has 2 rings (SSSR count). The highest BCUT2D eigenvalue weighted by atomic mass is 16.5. The van der Waals surface area contributed by atoms with Crippen LogP contribution in [0.4, 0.5) is 5.69 Å². The van der Waals surface area contributed by atoms with Crippen molar-refractivity contribution < 1.29 is 14.3 Å². The summed E-state index contributed by atoms with van der Waals surface area (Å²) in [4.78, 5) is 12.3. The van der Waals surface area contributed by atoms with E-state index < -0.39 is 0 Å². The molecule has 0 fully saturated rings. The Morgan fingerprint density at radius 1 is 1.12 bits per heavy atom. The molecule has 0 saturated carbocycles. The number of allylic oxidation sites excluding steroid dienone is 2. The summed E-state index contributed by atoms with van der Waals surface area (Å²) in [5.41, 5.74) is 8.63. The number of nitrogens with two attached hydrogens (primary N) is 1. The van der Waals surface area contributed by atoms with Gasteiger partial charge in [0, 0.05) is 22.9 Å². The summed E-state index contributed by atoms with van der Waals surface area (Å²) in [5.74, 6) is 1.27. The lowest BCUT2D eigenvalue weighted by atomic mass is 10.0. The smallest absolute Gasteiger partial charge is 0.185 e. The van der Waals surface area contributed by atoms with Crippen LogP contribution in [0.3, 0.4) is 0 Å². The summed E-state index contributed by atoms with van der Waals surface area (Å²) in [6.07, 6.45) is 5.73. The molecule has 0 unspecified atom stereocenters. The van der Waals surface area contributed by atoms with E-state index in [1.165, 1.54) is 6.08 Å². The summed E-state index contributed by atoms with van der Waals surface area (Å²) in [5, 5.41) is 0. The van der Waals surface area contributed by atoms with Crippen molar-refractivity contribution in [3.63, 3.8) is 0 Å². The minimum Gasteiger partial charge on any atom is -0.496 e. The van der Waals surface area contributed by atoms with E-state index in [1.54, 1.807) is 50.6 Å². The van der Waals surface area contributed by atoms with Crippen LogP contribution in [0.1, 0.15) is 21.5 Å². The molecule has 0 aliphatic heterocycles. The van der Waals surface area contributed by atoms with E-state index in [2.05, 4.69) is 6.58 Å². The SMILES string of the molecule is C=CCc1cc(C=CC(=O)c2ccc(N)cc2)c(OC)cc1OC. The maximum Gasteiger partial charge on any atom is 0.185 e. The van der Waals surface area contributed by atoms with Crippen molar-refractivity contribution in [1.29, 1.82) is 0 Å². The summed E-state index contributed by atoms with van der Waals surface area (Å²) >= 11 is 0. The molecule has 124 valence electrons. The standard InChI is InChI=1S/C20H21NO3/c1-4-5-15-12-16(20(24-3)13-19(15)23-2)8-11-18(22)14-6-9-17(21)10-7-14/h4,6-13H,1,5,21H2,2-3H3. The van der Waals surface area contributed by atoms with E-state index >= 15 is 0 Å². The van der Waals surface area contributed by atoms with Gasteiger partial charge in [-0.2, -0.15) is 0 Å². The second kappa shape index (κ2) is 8.02. The average Bonchev–Trinajstić information content (AvgIpc) is 2.60. The van der Waals surface area contributed by atoms with Crippen LogP contribution in [0.25, 0.3) is 6.08 Å². The third-order valence-electron chi connectivity index (χ3n) is 3.61. The maximum absolute atomic E-state index is 12.3. The third-order valence-corrected chi connectivity index (χ3v) is 3.61. The van der Waals surface area contributed by atoms with E-state index in [4.69, 9.17) is 15.2 Å². The molecular formula is C20H21NO3. The predicted molar refractivity (Wildman–Crippen MR) is 97.7 cm³/mol. The van der Waals surface area contributed by atoms with Crippen molar-refractivity contribution in [3.05, 3.63) is 71.8 Å². The molecule has 2 aromatic carbocycles. The molecule has 0 spiro atoms. The van der Waals surface area contributed by atoms with Crippen LogP contribution in [0.2, 0.25) is 0 Å². The van der Waals surface area contributed by atoms with Gasteiger partial charge in [0.05, 0.1) is 14.2 Å². The minimum atomic E-state index is -0.0989. The number of ketones is 1. The number of carbonyl (C=O) groups excluding carboxylic acids is 1. The molecule has 4 nitrogen and oxygen atoms in total. The first-order valence-electron chi connectivity index (χ1n) is 7.52. The van der Waals surface area contributed by atoms with Crippen LogP contribution >= 0.6 is 0 Å². The topological polar surface area (TPSA) is 61.6 Å². The molecule has 0 aliphatic rings. The molecule has 2 N–H and O–H groups in total. The second-order valence-corrected chi connectivity index (χ2v) is 5.22. The van der Waals surface area contributed by atoms with Crippen LogP contribution < -0.4 is 15.2 Å². The number of ether oxygens (including phenoxy) is 2. The van der Waals surface area contributed by atoms with Crippen LogP contribution in [0.15, 0.2) is 55.1 Å². The number of carbonyl (C=O) groups is 1. The van der Waals surface area contributed by atoms with Crippen LogP contribution in [0.5, 0.6) is 11.5 Å². The third kappa shape index (κ3) is 4.04. The van der Waals surface area contributed by atoms with E-state index in [9.17, 15) is 4.79 Å². The van der Waals surface area contributed by atoms with E-state index in [1.807, 2.05) is 12.1 Å². The first-order valence-corrected chi connectivity index (χ1v) is 7.52. The Kier molecular flexibility index (Phi) is 5.79. The van der Waals surface area contributed by atoms with Gasteiger partial charge < -0.3 is 15.2 Å². The van der Waals surface area contributed by atoms with Crippen molar-refractivity contribution in [2.75, 3.05) is 20.0 Å². The van der Waals surface area contributed by atoms with Gasteiger partial charge in [-0.25, -0.2) is 0 Å². The summed E-state index contributed by atoms with van der Waals surface area (Å²) < 4.78 is 10.8. The van der Waals surface area contributed by atoms with Gasteiger partial charge in [0.25, 0.3) is 0 Å². The Morgan fingerprint density at radius 3 is 2.38 bits per heavy atom. The zero-order valence-electron chi connectivity index (χ0n) is 13.9. The largest absolute Gasteiger partial charge is 0.496 e. The first-order chi connectivity index (χ1) is 11.6. The highest BCUT2D eigenvalue weighted by molar-refractivity contribution is 6.07. The predicted octanol–water partition coefficient (Wildman–Crippen LogP) is 3.91. The molecule has 2 aromatic rings. The Labute approximate surface area is 142 Å². The van der Waals surface area contributed by atoms with Gasteiger partial charge in [-0.15, -0.1) is 6.58 Å². The Bertz CT molecular complexity index is 761. The van der Waals surface area contributed by atoms with Gasteiger partial charge in [-0.1, -0.05) is 6.08 Å². The quantitative estimate of drug-likeness (QED) is 0.363. The minimum absolute atomic E-state index is 0.0989. The molecule has 0 radical (unpaired) electrons. The maximum atomic E-state index is 12.3. The highest BCUT2D eigenvalue weighted by Gasteiger charge is 2.09. The number of anilines is 1. The molecule has 0 heterocycles. The van der Waals surface area contributed by atoms with Gasteiger partial charge in [0.2, 0.25) is 0 Å². The average molecular weight is 323 g/mol. The Hall–Kier alpha value is -3.01. The molecule has 0 aliphatic carbocycles. The van der Waals surface area contributed by atoms with Crippen molar-refractivity contribution >= 4 is 17.5 Å². The van der Waals surface area contributed by atoms with Gasteiger partial charge in [0.15, 0.2) is 5.78 Å². The zero-order valence-corrected chi connectivity index (χ0v) is 13.9. The van der Waals surface area contributed by atoms with Gasteiger partial charge >= 0.3 is 0 Å². The summed E-state index contributed by atoms with van der Waals surface area (Å²) in [6, 6.07) is 10.6. The number of nitrogen functional groups attached to an aromatic ring is 1. The normalized spacial score (nSPS) is 10.6. The van der Waals surface area contributed by atoms with Crippen molar-refractivity contribution in [3.8, 4) is 11.5 Å².